The Morgan fingerprint density at radius 2 is 1.74 bits per heavy atom. The van der Waals surface area contributed by atoms with Gasteiger partial charge in [-0.2, -0.15) is 0 Å². The van der Waals surface area contributed by atoms with Crippen molar-refractivity contribution in [3.63, 3.8) is 0 Å². The molecule has 0 spiro atoms. The lowest BCUT2D eigenvalue weighted by Crippen LogP contribution is -2.11. The van der Waals surface area contributed by atoms with E-state index >= 15 is 0 Å². The van der Waals surface area contributed by atoms with Crippen molar-refractivity contribution in [2.24, 2.45) is 0 Å². The van der Waals surface area contributed by atoms with Crippen molar-refractivity contribution in [2.45, 2.75) is 0 Å². The molecule has 0 radical (unpaired) electrons. The van der Waals surface area contributed by atoms with Crippen LogP contribution in [0.15, 0.2) is 72.8 Å². The number of aromatic nitrogens is 2. The molecule has 0 aliphatic carbocycles. The number of carbonyl (C=O) groups excluding carboxylic acids is 1. The van der Waals surface area contributed by atoms with Gasteiger partial charge in [0, 0.05) is 11.1 Å². The number of benzene rings is 3. The molecule has 27 heavy (non-hydrogen) atoms. The zero-order valence-corrected chi connectivity index (χ0v) is 14.8. The summed E-state index contributed by atoms with van der Waals surface area (Å²) in [5.41, 5.74) is 3.38. The molecular formula is C22H18N2O3. The summed E-state index contributed by atoms with van der Waals surface area (Å²) in [6.07, 6.45) is 0. The first-order valence-corrected chi connectivity index (χ1v) is 8.59. The van der Waals surface area contributed by atoms with E-state index in [1.54, 1.807) is 25.3 Å². The standard InChI is InChI=1S/C22H18N2O3/c1-26-21-13-16(22-23-17-9-5-6-10-18(17)24-22)11-12-20(21)27-14-19(25)15-7-3-2-4-8-15/h2-13H,14H2,1H3,(H,23,24). The van der Waals surface area contributed by atoms with E-state index in [0.717, 1.165) is 22.4 Å². The molecule has 1 N–H and O–H groups in total. The fourth-order valence-corrected chi connectivity index (χ4v) is 2.87. The van der Waals surface area contributed by atoms with Gasteiger partial charge in [0.15, 0.2) is 23.9 Å². The number of hydrogen-bond acceptors (Lipinski definition) is 4. The van der Waals surface area contributed by atoms with E-state index in [2.05, 4.69) is 9.97 Å². The van der Waals surface area contributed by atoms with E-state index in [1.165, 1.54) is 0 Å². The molecule has 5 nitrogen and oxygen atoms in total. The van der Waals surface area contributed by atoms with Crippen molar-refractivity contribution in [1.29, 1.82) is 0 Å². The monoisotopic (exact) mass is 358 g/mol. The number of aromatic amines is 1. The Hall–Kier alpha value is -3.60. The third-order valence-electron chi connectivity index (χ3n) is 4.28. The highest BCUT2D eigenvalue weighted by Gasteiger charge is 2.12. The summed E-state index contributed by atoms with van der Waals surface area (Å²) in [4.78, 5) is 20.1. The van der Waals surface area contributed by atoms with Crippen molar-refractivity contribution in [2.75, 3.05) is 13.7 Å². The molecule has 4 rings (SSSR count). The van der Waals surface area contributed by atoms with Gasteiger partial charge in [0.25, 0.3) is 0 Å². The number of ether oxygens (including phenoxy) is 2. The first kappa shape index (κ1) is 16.8. The quantitative estimate of drug-likeness (QED) is 0.516. The predicted molar refractivity (Wildman–Crippen MR) is 104 cm³/mol. The fourth-order valence-electron chi connectivity index (χ4n) is 2.87. The van der Waals surface area contributed by atoms with Crippen LogP contribution in [0.1, 0.15) is 10.4 Å². The molecule has 0 aliphatic rings. The molecule has 5 heteroatoms. The SMILES string of the molecule is COc1cc(-c2nc3ccccc3[nH]2)ccc1OCC(=O)c1ccccc1. The molecule has 0 fully saturated rings. The number of imidazole rings is 1. The van der Waals surface area contributed by atoms with Crippen LogP contribution >= 0.6 is 0 Å². The molecule has 0 bridgehead atoms. The number of ketones is 1. The van der Waals surface area contributed by atoms with Crippen LogP contribution in [-0.2, 0) is 0 Å². The van der Waals surface area contributed by atoms with Crippen LogP contribution in [0.5, 0.6) is 11.5 Å². The minimum Gasteiger partial charge on any atom is -0.493 e. The van der Waals surface area contributed by atoms with Gasteiger partial charge in [0.1, 0.15) is 5.82 Å². The number of methoxy groups -OCH3 is 1. The normalized spacial score (nSPS) is 10.7. The van der Waals surface area contributed by atoms with Gasteiger partial charge in [0.05, 0.1) is 18.1 Å². The van der Waals surface area contributed by atoms with E-state index in [9.17, 15) is 4.79 Å². The average molecular weight is 358 g/mol. The topological polar surface area (TPSA) is 64.2 Å². The van der Waals surface area contributed by atoms with Gasteiger partial charge in [-0.1, -0.05) is 42.5 Å². The van der Waals surface area contributed by atoms with Crippen LogP contribution < -0.4 is 9.47 Å². The number of H-pyrrole nitrogens is 1. The lowest BCUT2D eigenvalue weighted by Gasteiger charge is -2.11. The van der Waals surface area contributed by atoms with Crippen LogP contribution in [0.25, 0.3) is 22.4 Å². The maximum atomic E-state index is 12.2. The van der Waals surface area contributed by atoms with Crippen molar-refractivity contribution in [3.05, 3.63) is 78.4 Å². The average Bonchev–Trinajstić information content (AvgIpc) is 3.17. The largest absolute Gasteiger partial charge is 0.493 e. The van der Waals surface area contributed by atoms with Crippen molar-refractivity contribution in [3.8, 4) is 22.9 Å². The molecular weight excluding hydrogens is 340 g/mol. The molecule has 0 atom stereocenters. The summed E-state index contributed by atoms with van der Waals surface area (Å²) in [6, 6.07) is 22.5. The molecule has 1 heterocycles. The van der Waals surface area contributed by atoms with Gasteiger partial charge in [-0.05, 0) is 30.3 Å². The minimum atomic E-state index is -0.0842. The Bertz CT molecular complexity index is 1050. The van der Waals surface area contributed by atoms with Gasteiger partial charge >= 0.3 is 0 Å². The molecule has 4 aromatic rings. The Morgan fingerprint density at radius 3 is 2.52 bits per heavy atom. The summed E-state index contributed by atoms with van der Waals surface area (Å²) < 4.78 is 11.1. The van der Waals surface area contributed by atoms with Gasteiger partial charge in [0.2, 0.25) is 0 Å². The Morgan fingerprint density at radius 1 is 0.963 bits per heavy atom. The predicted octanol–water partition coefficient (Wildman–Crippen LogP) is 4.50. The number of hydrogen-bond donors (Lipinski definition) is 1. The summed E-state index contributed by atoms with van der Waals surface area (Å²) in [5, 5.41) is 0. The molecule has 3 aromatic carbocycles. The van der Waals surface area contributed by atoms with Gasteiger partial charge in [-0.15, -0.1) is 0 Å². The Kier molecular flexibility index (Phi) is 4.58. The molecule has 0 saturated carbocycles. The Labute approximate surface area is 156 Å². The third-order valence-corrected chi connectivity index (χ3v) is 4.28. The molecule has 0 saturated heterocycles. The van der Waals surface area contributed by atoms with Crippen molar-refractivity contribution < 1.29 is 14.3 Å². The fraction of sp³-hybridized carbons (Fsp3) is 0.0909. The number of nitrogens with zero attached hydrogens (tertiary/aromatic N) is 1. The number of rotatable bonds is 6. The molecule has 0 amide bonds. The van der Waals surface area contributed by atoms with E-state index in [4.69, 9.17) is 9.47 Å². The first-order chi connectivity index (χ1) is 13.2. The first-order valence-electron chi connectivity index (χ1n) is 8.59. The zero-order chi connectivity index (χ0) is 18.6. The zero-order valence-electron chi connectivity index (χ0n) is 14.8. The molecule has 134 valence electrons. The second-order valence-corrected chi connectivity index (χ2v) is 6.05. The van der Waals surface area contributed by atoms with E-state index in [0.29, 0.717) is 17.1 Å². The lowest BCUT2D eigenvalue weighted by molar-refractivity contribution is 0.0919. The third kappa shape index (κ3) is 3.53. The van der Waals surface area contributed by atoms with Crippen LogP contribution in [0.3, 0.4) is 0 Å². The van der Waals surface area contributed by atoms with Crippen molar-refractivity contribution in [1.82, 2.24) is 9.97 Å². The number of Topliss-reactive ketones (excluding diaryl/α,β-unsaturated/α-hetero) is 1. The van der Waals surface area contributed by atoms with E-state index < -0.39 is 0 Å². The summed E-state index contributed by atoms with van der Waals surface area (Å²) in [7, 11) is 1.57. The van der Waals surface area contributed by atoms with Crippen LogP contribution in [0.4, 0.5) is 0 Å². The molecule has 0 aliphatic heterocycles. The van der Waals surface area contributed by atoms with Gasteiger partial charge < -0.3 is 14.5 Å². The highest BCUT2D eigenvalue weighted by Crippen LogP contribution is 2.32. The highest BCUT2D eigenvalue weighted by molar-refractivity contribution is 5.97. The summed E-state index contributed by atoms with van der Waals surface area (Å²) in [6.45, 7) is -0.0512. The summed E-state index contributed by atoms with van der Waals surface area (Å²) in [5.74, 6) is 1.73. The van der Waals surface area contributed by atoms with Gasteiger partial charge in [-0.25, -0.2) is 4.98 Å². The number of nitrogens with one attached hydrogen (secondary N) is 1. The second-order valence-electron chi connectivity index (χ2n) is 6.05. The maximum Gasteiger partial charge on any atom is 0.200 e. The molecule has 0 unspecified atom stereocenters. The maximum absolute atomic E-state index is 12.2. The lowest BCUT2D eigenvalue weighted by atomic mass is 10.1. The molecule has 1 aromatic heterocycles. The Balaban J connectivity index is 1.55. The van der Waals surface area contributed by atoms with Crippen LogP contribution in [0, 0.1) is 0 Å². The highest BCUT2D eigenvalue weighted by atomic mass is 16.5. The second kappa shape index (κ2) is 7.33. The smallest absolute Gasteiger partial charge is 0.200 e. The van der Waals surface area contributed by atoms with Crippen LogP contribution in [-0.4, -0.2) is 29.5 Å². The minimum absolute atomic E-state index is 0.0512. The van der Waals surface area contributed by atoms with E-state index in [-0.39, 0.29) is 12.4 Å². The number of para-hydroxylation sites is 2. The van der Waals surface area contributed by atoms with Crippen LogP contribution in [0.2, 0.25) is 0 Å². The van der Waals surface area contributed by atoms with Crippen molar-refractivity contribution >= 4 is 16.8 Å². The number of fused-ring (bicyclic) bond motifs is 1. The van der Waals surface area contributed by atoms with E-state index in [1.807, 2.05) is 54.6 Å². The summed E-state index contributed by atoms with van der Waals surface area (Å²) >= 11 is 0. The number of carbonyl (C=O) groups is 1. The van der Waals surface area contributed by atoms with Gasteiger partial charge in [-0.3, -0.25) is 4.79 Å².